The van der Waals surface area contributed by atoms with Crippen LogP contribution in [-0.2, 0) is 9.63 Å². The minimum atomic E-state index is -0.311. The van der Waals surface area contributed by atoms with Gasteiger partial charge in [0.25, 0.3) is 5.91 Å². The average molecular weight is 299 g/mol. The minimum absolute atomic E-state index is 0.209. The summed E-state index contributed by atoms with van der Waals surface area (Å²) in [7, 11) is 0. The first-order chi connectivity index (χ1) is 10.6. The summed E-state index contributed by atoms with van der Waals surface area (Å²) in [5.41, 5.74) is 2.21. The van der Waals surface area contributed by atoms with Crippen LogP contribution in [0, 0.1) is 0 Å². The smallest absolute Gasteiger partial charge is 0.274 e. The molecule has 6 nitrogen and oxygen atoms in total. The lowest BCUT2D eigenvalue weighted by molar-refractivity contribution is -0.110. The second-order valence-corrected chi connectivity index (χ2v) is 5.47. The van der Waals surface area contributed by atoms with Crippen LogP contribution in [-0.4, -0.2) is 16.8 Å². The van der Waals surface area contributed by atoms with Gasteiger partial charge in [-0.25, -0.2) is 0 Å². The van der Waals surface area contributed by atoms with E-state index in [1.165, 1.54) is 0 Å². The molecule has 2 aromatic rings. The van der Waals surface area contributed by atoms with Gasteiger partial charge in [0.2, 0.25) is 0 Å². The highest BCUT2D eigenvalue weighted by Gasteiger charge is 2.28. The molecule has 1 amide bonds. The summed E-state index contributed by atoms with van der Waals surface area (Å²) in [5.74, 6) is 0.334. The highest BCUT2D eigenvalue weighted by Crippen LogP contribution is 2.28. The summed E-state index contributed by atoms with van der Waals surface area (Å²) in [4.78, 5) is 17.6. The number of hydrogen-bond acceptors (Lipinski definition) is 5. The summed E-state index contributed by atoms with van der Waals surface area (Å²) >= 11 is 0. The van der Waals surface area contributed by atoms with E-state index >= 15 is 0 Å². The van der Waals surface area contributed by atoms with E-state index in [-0.39, 0.29) is 17.9 Å². The molecular formula is C16H17N3O3. The van der Waals surface area contributed by atoms with Crippen molar-refractivity contribution in [1.82, 2.24) is 5.16 Å². The number of amides is 1. The lowest BCUT2D eigenvalue weighted by atomic mass is 10.0. The predicted molar refractivity (Wildman–Crippen MR) is 81.5 cm³/mol. The highest BCUT2D eigenvalue weighted by atomic mass is 16.6. The molecule has 22 heavy (non-hydrogen) atoms. The number of aromatic nitrogens is 1. The maximum atomic E-state index is 12.3. The molecule has 1 atom stereocenters. The van der Waals surface area contributed by atoms with Gasteiger partial charge in [-0.1, -0.05) is 54.5 Å². The monoisotopic (exact) mass is 299 g/mol. The molecule has 0 radical (unpaired) electrons. The topological polar surface area (TPSA) is 76.7 Å². The van der Waals surface area contributed by atoms with E-state index < -0.39 is 0 Å². The third kappa shape index (κ3) is 2.86. The Morgan fingerprint density at radius 1 is 1.32 bits per heavy atom. The van der Waals surface area contributed by atoms with Gasteiger partial charge in [-0.2, -0.15) is 0 Å². The number of carbonyl (C=O) groups is 1. The molecular weight excluding hydrogens is 282 g/mol. The quantitative estimate of drug-likeness (QED) is 0.940. The van der Waals surface area contributed by atoms with Gasteiger partial charge >= 0.3 is 0 Å². The first kappa shape index (κ1) is 14.3. The third-order valence-corrected chi connectivity index (χ3v) is 3.55. The van der Waals surface area contributed by atoms with Crippen molar-refractivity contribution < 1.29 is 14.2 Å². The fourth-order valence-corrected chi connectivity index (χ4v) is 2.29. The lowest BCUT2D eigenvalue weighted by Crippen LogP contribution is -2.22. The van der Waals surface area contributed by atoms with E-state index in [0.29, 0.717) is 18.0 Å². The minimum Gasteiger partial charge on any atom is -0.387 e. The Kier molecular flexibility index (Phi) is 3.91. The van der Waals surface area contributed by atoms with Crippen LogP contribution in [0.5, 0.6) is 0 Å². The molecule has 0 spiro atoms. The first-order valence-corrected chi connectivity index (χ1v) is 7.18. The van der Waals surface area contributed by atoms with E-state index in [2.05, 4.69) is 15.6 Å². The van der Waals surface area contributed by atoms with Gasteiger partial charge < -0.3 is 14.7 Å². The van der Waals surface area contributed by atoms with Crippen LogP contribution >= 0.6 is 0 Å². The summed E-state index contributed by atoms with van der Waals surface area (Å²) in [6, 6.07) is 9.71. The van der Waals surface area contributed by atoms with Crippen molar-refractivity contribution in [2.45, 2.75) is 32.3 Å². The molecule has 6 heteroatoms. The Balaban J connectivity index is 1.66. The fourth-order valence-electron chi connectivity index (χ4n) is 2.29. The lowest BCUT2D eigenvalue weighted by Gasteiger charge is -2.07. The van der Waals surface area contributed by atoms with Crippen molar-refractivity contribution in [1.29, 1.82) is 0 Å². The van der Waals surface area contributed by atoms with E-state index in [4.69, 9.17) is 9.36 Å². The zero-order valence-electron chi connectivity index (χ0n) is 12.4. The molecule has 3 rings (SSSR count). The molecule has 0 fully saturated rings. The molecule has 1 unspecified atom stereocenters. The van der Waals surface area contributed by atoms with E-state index in [9.17, 15) is 4.79 Å². The van der Waals surface area contributed by atoms with Crippen molar-refractivity contribution >= 4 is 17.4 Å². The Morgan fingerprint density at radius 3 is 2.82 bits per heavy atom. The molecule has 1 aliphatic heterocycles. The number of nitrogens with zero attached hydrogens (tertiary/aromatic N) is 2. The molecule has 1 aromatic heterocycles. The number of oxime groups is 1. The van der Waals surface area contributed by atoms with Gasteiger partial charge in [0, 0.05) is 12.0 Å². The van der Waals surface area contributed by atoms with E-state index in [1.54, 1.807) is 6.26 Å². The highest BCUT2D eigenvalue weighted by molar-refractivity contribution is 6.43. The molecule has 0 aliphatic carbocycles. The summed E-state index contributed by atoms with van der Waals surface area (Å²) < 4.78 is 4.93. The van der Waals surface area contributed by atoms with Gasteiger partial charge in [0.1, 0.15) is 12.0 Å². The van der Waals surface area contributed by atoms with Crippen molar-refractivity contribution in [3.8, 4) is 0 Å². The molecule has 0 bridgehead atoms. The number of benzene rings is 1. The maximum absolute atomic E-state index is 12.3. The van der Waals surface area contributed by atoms with Gasteiger partial charge in [-0.05, 0) is 11.5 Å². The normalized spacial score (nSPS) is 17.2. The molecule has 1 aliphatic rings. The van der Waals surface area contributed by atoms with Crippen LogP contribution in [0.15, 0.2) is 46.3 Å². The molecule has 2 heterocycles. The van der Waals surface area contributed by atoms with Crippen LogP contribution in [0.3, 0.4) is 0 Å². The number of nitrogens with one attached hydrogen (secondary N) is 1. The summed E-state index contributed by atoms with van der Waals surface area (Å²) in [6.07, 6.45) is 1.76. The Morgan fingerprint density at radius 2 is 2.09 bits per heavy atom. The van der Waals surface area contributed by atoms with Crippen LogP contribution in [0.2, 0.25) is 0 Å². The third-order valence-electron chi connectivity index (χ3n) is 3.55. The van der Waals surface area contributed by atoms with Crippen molar-refractivity contribution in [3.05, 3.63) is 47.7 Å². The number of hydrogen-bond donors (Lipinski definition) is 1. The number of rotatable bonds is 4. The summed E-state index contributed by atoms with van der Waals surface area (Å²) in [6.45, 7) is 4.01. The van der Waals surface area contributed by atoms with E-state index in [1.807, 2.05) is 44.2 Å². The molecule has 1 N–H and O–H groups in total. The standard InChI is InChI=1S/C16H17N3O3/c1-10(2)12-9-21-19-15(12)17-16(20)13-8-14(22-18-13)11-6-4-3-5-7-11/h3-7,9-10,14H,8H2,1-2H3,(H,17,19,20). The number of carbonyl (C=O) groups excluding carboxylic acids is 1. The maximum Gasteiger partial charge on any atom is 0.274 e. The summed E-state index contributed by atoms with van der Waals surface area (Å²) in [5, 5.41) is 10.4. The van der Waals surface area contributed by atoms with Crippen LogP contribution in [0.1, 0.15) is 43.4 Å². The Labute approximate surface area is 128 Å². The fraction of sp³-hybridized carbons (Fsp3) is 0.312. The van der Waals surface area contributed by atoms with Gasteiger partial charge in [0.05, 0.1) is 0 Å². The second-order valence-electron chi connectivity index (χ2n) is 5.47. The Hall–Kier alpha value is -2.63. The molecule has 114 valence electrons. The van der Waals surface area contributed by atoms with E-state index in [0.717, 1.165) is 11.1 Å². The number of anilines is 1. The SMILES string of the molecule is CC(C)c1conc1NC(=O)C1=NOC(c2ccccc2)C1. The predicted octanol–water partition coefficient (Wildman–Crippen LogP) is 3.25. The van der Waals surface area contributed by atoms with Crippen LogP contribution in [0.25, 0.3) is 0 Å². The molecule has 0 saturated heterocycles. The van der Waals surface area contributed by atoms with Gasteiger partial charge in [0.15, 0.2) is 11.9 Å². The van der Waals surface area contributed by atoms with Gasteiger partial charge in [-0.3, -0.25) is 4.79 Å². The average Bonchev–Trinajstić information content (AvgIpc) is 3.17. The first-order valence-electron chi connectivity index (χ1n) is 7.18. The van der Waals surface area contributed by atoms with Gasteiger partial charge in [-0.15, -0.1) is 0 Å². The molecule has 1 aromatic carbocycles. The zero-order valence-corrected chi connectivity index (χ0v) is 12.4. The largest absolute Gasteiger partial charge is 0.387 e. The van der Waals surface area contributed by atoms with Crippen molar-refractivity contribution in [2.24, 2.45) is 5.16 Å². The van der Waals surface area contributed by atoms with Crippen molar-refractivity contribution in [2.75, 3.05) is 5.32 Å². The van der Waals surface area contributed by atoms with Crippen molar-refractivity contribution in [3.63, 3.8) is 0 Å². The second kappa shape index (κ2) is 6.01. The Bertz CT molecular complexity index is 692. The molecule has 0 saturated carbocycles. The van der Waals surface area contributed by atoms with Crippen LogP contribution in [0.4, 0.5) is 5.82 Å². The van der Waals surface area contributed by atoms with Crippen LogP contribution < -0.4 is 5.32 Å². The zero-order chi connectivity index (χ0) is 15.5.